The Morgan fingerprint density at radius 1 is 0.696 bits per heavy atom. The van der Waals surface area contributed by atoms with Crippen molar-refractivity contribution in [2.75, 3.05) is 0 Å². The molecule has 0 unspecified atom stereocenters. The topological polar surface area (TPSA) is 71.4 Å². The summed E-state index contributed by atoms with van der Waals surface area (Å²) < 4.78 is 11.7. The molecule has 0 radical (unpaired) electrons. The van der Waals surface area contributed by atoms with E-state index in [9.17, 15) is 4.11 Å². The Bertz CT molecular complexity index is 290. The van der Waals surface area contributed by atoms with Crippen LogP contribution < -0.4 is 5.19 Å². The molecule has 0 amide bonds. The van der Waals surface area contributed by atoms with E-state index in [-0.39, 0.29) is 42.5 Å². The van der Waals surface area contributed by atoms with Gasteiger partial charge in [0.25, 0.3) is 0 Å². The van der Waals surface area contributed by atoms with Crippen LogP contribution in [-0.2, 0) is 25.8 Å². The average Bonchev–Trinajstić information content (AvgIpc) is 2.60. The van der Waals surface area contributed by atoms with E-state index in [1.165, 1.54) is 0 Å². The van der Waals surface area contributed by atoms with Crippen molar-refractivity contribution < 1.29 is 30.0 Å². The van der Waals surface area contributed by atoms with Crippen LogP contribution >= 0.6 is 0 Å². The van der Waals surface area contributed by atoms with Crippen LogP contribution in [0.2, 0.25) is 0 Å². The largest absolute Gasteiger partial charge is 4.00 e. The summed E-state index contributed by atoms with van der Waals surface area (Å²) in [4.78, 5) is 0. The fourth-order valence-electron chi connectivity index (χ4n) is 0.503. The van der Waals surface area contributed by atoms with Gasteiger partial charge in [-0.05, 0) is 0 Å². The number of nitrogens with one attached hydrogen (secondary N) is 3. The zero-order valence-electron chi connectivity index (χ0n) is 16.4. The molecule has 0 aliphatic carbocycles. The van der Waals surface area contributed by atoms with E-state index in [4.69, 9.17) is 17.2 Å². The Kier molecular flexibility index (Phi) is 19.7. The summed E-state index contributed by atoms with van der Waals surface area (Å²) >= 11 is 0. The zero-order valence-corrected chi connectivity index (χ0v) is 21.4. The van der Waals surface area contributed by atoms with Crippen molar-refractivity contribution in [1.82, 2.24) is 0 Å². The minimum atomic E-state index is -1.37. The van der Waals surface area contributed by atoms with Gasteiger partial charge in [0.1, 0.15) is 0 Å². The second kappa shape index (κ2) is 14.6. The maximum atomic E-state index is 11.7. The Balaban J connectivity index is -0.000000105. The van der Waals surface area contributed by atoms with Crippen molar-refractivity contribution in [3.8, 4) is 0 Å². The molecule has 1 rings (SSSR count). The van der Waals surface area contributed by atoms with Crippen LogP contribution in [0.3, 0.4) is 0 Å². The van der Waals surface area contributed by atoms with E-state index in [1.807, 2.05) is 86.6 Å². The predicted molar refractivity (Wildman–Crippen MR) is 104 cm³/mol. The number of halogens is 1. The average molecular weight is 508 g/mol. The monoisotopic (exact) mass is 509 g/mol. The molecule has 0 heterocycles. The van der Waals surface area contributed by atoms with E-state index in [0.29, 0.717) is 0 Å². The van der Waals surface area contributed by atoms with Gasteiger partial charge in [-0.3, -0.25) is 0 Å². The Hall–Kier alpha value is 0.247. The minimum Gasteiger partial charge on any atom is -0.673 e. The molecule has 1 aromatic rings. The van der Waals surface area contributed by atoms with E-state index < -0.39 is 9.85 Å². The van der Waals surface area contributed by atoms with E-state index in [1.54, 1.807) is 0 Å². The molecule has 3 nitrogen and oxygen atoms in total. The van der Waals surface area contributed by atoms with Crippen molar-refractivity contribution in [2.24, 2.45) is 0 Å². The summed E-state index contributed by atoms with van der Waals surface area (Å²) in [6.45, 7) is 16.7. The Morgan fingerprint density at radius 3 is 0.957 bits per heavy atom. The van der Waals surface area contributed by atoms with Crippen molar-refractivity contribution in [3.05, 3.63) is 41.5 Å². The maximum Gasteiger partial charge on any atom is 4.00 e. The Morgan fingerprint density at radius 2 is 0.870 bits per heavy atom. The van der Waals surface area contributed by atoms with Crippen molar-refractivity contribution in [1.29, 1.82) is 0 Å². The quantitative estimate of drug-likeness (QED) is 0.270. The minimum absolute atomic E-state index is 0. The summed E-state index contributed by atoms with van der Waals surface area (Å²) in [5.74, 6) is 0. The van der Waals surface area contributed by atoms with Crippen LogP contribution in [0.4, 0.5) is 4.11 Å². The summed E-state index contributed by atoms with van der Waals surface area (Å²) in [5.41, 5.74) is 20.1. The first-order chi connectivity index (χ1) is 9.43. The second-order valence-corrected chi connectivity index (χ2v) is 9.26. The predicted octanol–water partition coefficient (Wildman–Crippen LogP) is 5.59. The fourth-order valence-corrected chi connectivity index (χ4v) is 0.953. The van der Waals surface area contributed by atoms with E-state index >= 15 is 0 Å². The number of hydrogen-bond donors (Lipinski definition) is 0. The van der Waals surface area contributed by atoms with Gasteiger partial charge >= 0.3 is 25.8 Å². The van der Waals surface area contributed by atoms with Crippen LogP contribution in [0.15, 0.2) is 24.3 Å². The normalized spacial score (nSPS) is 11.2. The molecule has 0 aliphatic heterocycles. The van der Waals surface area contributed by atoms with E-state index in [2.05, 4.69) is 0 Å². The van der Waals surface area contributed by atoms with Crippen LogP contribution in [-0.4, -0.2) is 26.5 Å². The van der Waals surface area contributed by atoms with Crippen molar-refractivity contribution >= 4 is 15.0 Å². The maximum absolute atomic E-state index is 11.7. The first kappa shape index (κ1) is 31.1. The molecule has 3 N–H and O–H groups in total. The molecule has 0 spiro atoms. The summed E-state index contributed by atoms with van der Waals surface area (Å²) in [7, 11) is -1.37. The fraction of sp³-hybridized carbons (Fsp3) is 0.706. The molecule has 134 valence electrons. The summed E-state index contributed by atoms with van der Waals surface area (Å²) in [6, 6.07) is 7.38. The number of hydrogen-bond acceptors (Lipinski definition) is 0. The first-order valence-corrected chi connectivity index (χ1v) is 8.69. The van der Waals surface area contributed by atoms with E-state index in [0.717, 1.165) is 5.19 Å². The third kappa shape index (κ3) is 107. The molecule has 0 fully saturated rings. The van der Waals surface area contributed by atoms with Crippen molar-refractivity contribution in [3.63, 3.8) is 0 Å². The zero-order chi connectivity index (χ0) is 18.6. The Labute approximate surface area is 165 Å². The third-order valence-corrected chi connectivity index (χ3v) is 1.67. The first-order valence-electron chi connectivity index (χ1n) is 7.45. The standard InChI is InChI=1S/C5H6FSi.3C4H10N.Hf/c6-7-5-3-1-2-4-5;3*1-4(2,3)5;/h1-4H,7H2;3*5H,1-3H3;/q4*-1;+4. The van der Waals surface area contributed by atoms with Crippen LogP contribution in [0.1, 0.15) is 62.3 Å². The van der Waals surface area contributed by atoms with Gasteiger partial charge in [0.2, 0.25) is 0 Å². The van der Waals surface area contributed by atoms with Gasteiger partial charge < -0.3 is 21.3 Å². The van der Waals surface area contributed by atoms with Gasteiger partial charge in [-0.1, -0.05) is 62.3 Å². The summed E-state index contributed by atoms with van der Waals surface area (Å²) in [5, 5.41) is 0.903. The van der Waals surface area contributed by atoms with Crippen LogP contribution in [0.5, 0.6) is 0 Å². The molecule has 23 heavy (non-hydrogen) atoms. The van der Waals surface area contributed by atoms with Gasteiger partial charge in [-0.25, -0.2) is 12.1 Å². The molecule has 0 atom stereocenters. The van der Waals surface area contributed by atoms with Gasteiger partial charge in [-0.2, -0.15) is 12.1 Å². The second-order valence-electron chi connectivity index (χ2n) is 8.18. The van der Waals surface area contributed by atoms with Crippen molar-refractivity contribution in [2.45, 2.75) is 78.9 Å². The van der Waals surface area contributed by atoms with Gasteiger partial charge in [0, 0.05) is 0 Å². The summed E-state index contributed by atoms with van der Waals surface area (Å²) in [6.07, 6.45) is 0. The molecule has 0 aliphatic rings. The SMILES string of the molecule is CC(C)(C)[NH-].CC(C)(C)[NH-].CC(C)(C)[NH-].F[SiH2][c-]1cccc1.[Hf+4]. The molecule has 1 aromatic carbocycles. The smallest absolute Gasteiger partial charge is 0.673 e. The molecule has 0 saturated heterocycles. The molecule has 6 heteroatoms. The van der Waals surface area contributed by atoms with Crippen LogP contribution in [0, 0.1) is 0 Å². The van der Waals surface area contributed by atoms with Crippen LogP contribution in [0.25, 0.3) is 17.2 Å². The molecular weight excluding hydrogens is 472 g/mol. The van der Waals surface area contributed by atoms with Gasteiger partial charge in [-0.15, -0.1) is 21.8 Å². The molecule has 0 aromatic heterocycles. The molecule has 0 saturated carbocycles. The van der Waals surface area contributed by atoms with Gasteiger partial charge in [0.15, 0.2) is 9.85 Å². The third-order valence-electron chi connectivity index (χ3n) is 0.886. The van der Waals surface area contributed by atoms with Gasteiger partial charge in [0.05, 0.1) is 0 Å². The molecule has 0 bridgehead atoms. The molecular formula is C17H36FHfN3Si. The number of rotatable bonds is 1.